The lowest BCUT2D eigenvalue weighted by Crippen LogP contribution is -2.48. The van der Waals surface area contributed by atoms with Crippen LogP contribution in [0.4, 0.5) is 0 Å². The van der Waals surface area contributed by atoms with Crippen molar-refractivity contribution in [3.05, 3.63) is 87.1 Å². The van der Waals surface area contributed by atoms with Crippen molar-refractivity contribution in [2.75, 3.05) is 26.2 Å². The highest BCUT2D eigenvalue weighted by molar-refractivity contribution is 7.89. The number of carbonyl (C=O) groups is 1. The molecule has 9 heteroatoms. The average molecular weight is 490 g/mol. The molecule has 1 saturated heterocycles. The van der Waals surface area contributed by atoms with E-state index in [4.69, 9.17) is 11.6 Å². The highest BCUT2D eigenvalue weighted by atomic mass is 35.5. The molecule has 0 bridgehead atoms. The standard InChI is InChI=1S/C23H24ClN3O3S2/c24-20-6-1-4-18(14-20)17-26-9-11-27(12-10-26)23(28)19-5-2-8-22(15-19)32(29,30)25-16-21-7-3-13-31-21/h1-8,13-15,25H,9-12,16-17H2. The van der Waals surface area contributed by atoms with Crippen LogP contribution in [-0.2, 0) is 23.1 Å². The Balaban J connectivity index is 1.36. The lowest BCUT2D eigenvalue weighted by Gasteiger charge is -2.34. The molecule has 1 amide bonds. The van der Waals surface area contributed by atoms with Crippen molar-refractivity contribution in [3.63, 3.8) is 0 Å². The number of sulfonamides is 1. The molecule has 2 heterocycles. The van der Waals surface area contributed by atoms with Crippen LogP contribution in [0, 0.1) is 0 Å². The van der Waals surface area contributed by atoms with Gasteiger partial charge in [-0.3, -0.25) is 9.69 Å². The zero-order valence-corrected chi connectivity index (χ0v) is 19.8. The Morgan fingerprint density at radius 2 is 1.78 bits per heavy atom. The van der Waals surface area contributed by atoms with E-state index in [1.165, 1.54) is 23.5 Å². The minimum Gasteiger partial charge on any atom is -0.336 e. The number of rotatable bonds is 7. The first-order chi connectivity index (χ1) is 15.4. The van der Waals surface area contributed by atoms with E-state index < -0.39 is 10.0 Å². The van der Waals surface area contributed by atoms with Crippen LogP contribution in [-0.4, -0.2) is 50.3 Å². The molecule has 3 aromatic rings. The van der Waals surface area contributed by atoms with Crippen LogP contribution in [0.5, 0.6) is 0 Å². The summed E-state index contributed by atoms with van der Waals surface area (Å²) in [4.78, 5) is 18.1. The third-order valence-electron chi connectivity index (χ3n) is 5.36. The minimum atomic E-state index is -3.70. The maximum atomic E-state index is 13.0. The summed E-state index contributed by atoms with van der Waals surface area (Å²) in [7, 11) is -3.70. The molecule has 0 saturated carbocycles. The van der Waals surface area contributed by atoms with Crippen LogP contribution < -0.4 is 4.72 Å². The van der Waals surface area contributed by atoms with E-state index in [-0.39, 0.29) is 17.3 Å². The van der Waals surface area contributed by atoms with Crippen molar-refractivity contribution in [2.24, 2.45) is 0 Å². The van der Waals surface area contributed by atoms with Gasteiger partial charge in [-0.1, -0.05) is 35.9 Å². The minimum absolute atomic E-state index is 0.0968. The van der Waals surface area contributed by atoms with E-state index >= 15 is 0 Å². The molecule has 1 fully saturated rings. The van der Waals surface area contributed by atoms with E-state index in [0.717, 1.165) is 35.1 Å². The normalized spacial score (nSPS) is 15.1. The maximum absolute atomic E-state index is 13.0. The number of hydrogen-bond acceptors (Lipinski definition) is 5. The zero-order chi connectivity index (χ0) is 22.6. The summed E-state index contributed by atoms with van der Waals surface area (Å²) in [6.45, 7) is 3.69. The largest absolute Gasteiger partial charge is 0.336 e. The quantitative estimate of drug-likeness (QED) is 0.547. The Bertz CT molecular complexity index is 1170. The SMILES string of the molecule is O=C(c1cccc(S(=O)(=O)NCc2cccs2)c1)N1CCN(Cc2cccc(Cl)c2)CC1. The smallest absolute Gasteiger partial charge is 0.253 e. The third kappa shape index (κ3) is 5.76. The molecule has 4 rings (SSSR count). The van der Waals surface area contributed by atoms with Crippen LogP contribution in [0.15, 0.2) is 70.9 Å². The number of nitrogens with one attached hydrogen (secondary N) is 1. The van der Waals surface area contributed by atoms with Crippen LogP contribution in [0.25, 0.3) is 0 Å². The lowest BCUT2D eigenvalue weighted by atomic mass is 10.1. The number of hydrogen-bond donors (Lipinski definition) is 1. The van der Waals surface area contributed by atoms with Crippen molar-refractivity contribution in [2.45, 2.75) is 18.0 Å². The summed E-state index contributed by atoms with van der Waals surface area (Å²) in [6, 6.07) is 17.8. The number of piperazine rings is 1. The van der Waals surface area contributed by atoms with Gasteiger partial charge >= 0.3 is 0 Å². The monoisotopic (exact) mass is 489 g/mol. The van der Waals surface area contributed by atoms with Gasteiger partial charge in [0.1, 0.15) is 0 Å². The van der Waals surface area contributed by atoms with E-state index in [0.29, 0.717) is 18.7 Å². The van der Waals surface area contributed by atoms with Crippen LogP contribution in [0.1, 0.15) is 20.8 Å². The van der Waals surface area contributed by atoms with Gasteiger partial charge in [0.15, 0.2) is 0 Å². The van der Waals surface area contributed by atoms with Crippen LogP contribution in [0.2, 0.25) is 5.02 Å². The zero-order valence-electron chi connectivity index (χ0n) is 17.4. The molecule has 6 nitrogen and oxygen atoms in total. The highest BCUT2D eigenvalue weighted by Gasteiger charge is 2.24. The van der Waals surface area contributed by atoms with Gasteiger partial charge in [-0.15, -0.1) is 11.3 Å². The van der Waals surface area contributed by atoms with E-state index in [2.05, 4.69) is 9.62 Å². The highest BCUT2D eigenvalue weighted by Crippen LogP contribution is 2.18. The van der Waals surface area contributed by atoms with Gasteiger partial charge in [-0.25, -0.2) is 13.1 Å². The Kier molecular flexibility index (Phi) is 7.27. The van der Waals surface area contributed by atoms with Gasteiger partial charge in [0.2, 0.25) is 10.0 Å². The lowest BCUT2D eigenvalue weighted by molar-refractivity contribution is 0.0628. The molecule has 1 N–H and O–H groups in total. The molecule has 1 aliphatic rings. The number of amides is 1. The third-order valence-corrected chi connectivity index (χ3v) is 7.87. The summed E-state index contributed by atoms with van der Waals surface area (Å²) in [5, 5.41) is 2.62. The molecule has 0 atom stereocenters. The molecule has 0 spiro atoms. The molecule has 0 unspecified atom stereocenters. The number of halogens is 1. The number of thiophene rings is 1. The number of carbonyl (C=O) groups excluding carboxylic acids is 1. The second-order valence-corrected chi connectivity index (χ2v) is 10.9. The number of nitrogens with zero attached hydrogens (tertiary/aromatic N) is 2. The first kappa shape index (κ1) is 22.9. The number of benzene rings is 2. The van der Waals surface area contributed by atoms with Gasteiger partial charge in [-0.2, -0.15) is 0 Å². The van der Waals surface area contributed by atoms with E-state index in [1.807, 2.05) is 41.8 Å². The second-order valence-electron chi connectivity index (χ2n) is 7.63. The molecule has 168 valence electrons. The van der Waals surface area contributed by atoms with E-state index in [9.17, 15) is 13.2 Å². The molecular weight excluding hydrogens is 466 g/mol. The Labute approximate surface area is 197 Å². The summed E-state index contributed by atoms with van der Waals surface area (Å²) in [5.74, 6) is -0.150. The average Bonchev–Trinajstić information content (AvgIpc) is 3.32. The van der Waals surface area contributed by atoms with Crippen LogP contribution in [0.3, 0.4) is 0 Å². The molecule has 0 radical (unpaired) electrons. The van der Waals surface area contributed by atoms with Crippen molar-refractivity contribution < 1.29 is 13.2 Å². The molecule has 2 aromatic carbocycles. The first-order valence-corrected chi connectivity index (χ1v) is 13.0. The van der Waals surface area contributed by atoms with Gasteiger partial charge in [-0.05, 0) is 47.3 Å². The summed E-state index contributed by atoms with van der Waals surface area (Å²) < 4.78 is 27.9. The topological polar surface area (TPSA) is 69.7 Å². The molecule has 0 aliphatic carbocycles. The van der Waals surface area contributed by atoms with Gasteiger partial charge in [0, 0.05) is 54.7 Å². The predicted octanol–water partition coefficient (Wildman–Crippen LogP) is 3.84. The van der Waals surface area contributed by atoms with Crippen molar-refractivity contribution in [3.8, 4) is 0 Å². The van der Waals surface area contributed by atoms with Gasteiger partial charge in [0.25, 0.3) is 5.91 Å². The molecule has 1 aromatic heterocycles. The van der Waals surface area contributed by atoms with Crippen molar-refractivity contribution >= 4 is 38.9 Å². The first-order valence-electron chi connectivity index (χ1n) is 10.3. The molecular formula is C23H24ClN3O3S2. The predicted molar refractivity (Wildman–Crippen MR) is 127 cm³/mol. The van der Waals surface area contributed by atoms with Crippen molar-refractivity contribution in [1.82, 2.24) is 14.5 Å². The fourth-order valence-electron chi connectivity index (χ4n) is 3.64. The summed E-state index contributed by atoms with van der Waals surface area (Å²) in [5.41, 5.74) is 1.53. The summed E-state index contributed by atoms with van der Waals surface area (Å²) >= 11 is 7.56. The Morgan fingerprint density at radius 1 is 1.00 bits per heavy atom. The molecule has 32 heavy (non-hydrogen) atoms. The fourth-order valence-corrected chi connectivity index (χ4v) is 5.64. The van der Waals surface area contributed by atoms with Gasteiger partial charge in [0.05, 0.1) is 4.90 Å². The summed E-state index contributed by atoms with van der Waals surface area (Å²) in [6.07, 6.45) is 0. The van der Waals surface area contributed by atoms with E-state index in [1.54, 1.807) is 17.0 Å². The Morgan fingerprint density at radius 3 is 2.50 bits per heavy atom. The fraction of sp³-hybridized carbons (Fsp3) is 0.261. The Hall–Kier alpha value is -2.23. The van der Waals surface area contributed by atoms with Gasteiger partial charge < -0.3 is 4.90 Å². The van der Waals surface area contributed by atoms with Crippen molar-refractivity contribution in [1.29, 1.82) is 0 Å². The maximum Gasteiger partial charge on any atom is 0.253 e. The second kappa shape index (κ2) is 10.1. The molecule has 1 aliphatic heterocycles. The van der Waals surface area contributed by atoms with Crippen LogP contribution >= 0.6 is 22.9 Å².